The average molecular weight is 285 g/mol. The number of hydrogen-bond donors (Lipinski definition) is 1. The number of hydrogen-bond acceptors (Lipinski definition) is 3. The molecule has 0 atom stereocenters. The van der Waals surface area contributed by atoms with E-state index in [-0.39, 0.29) is 0 Å². The summed E-state index contributed by atoms with van der Waals surface area (Å²) in [7, 11) is 1.67. The fourth-order valence-corrected chi connectivity index (χ4v) is 3.27. The van der Waals surface area contributed by atoms with Crippen LogP contribution in [0, 0.1) is 0 Å². The lowest BCUT2D eigenvalue weighted by Crippen LogP contribution is -2.08. The lowest BCUT2D eigenvalue weighted by molar-refractivity contribution is 0.415. The van der Waals surface area contributed by atoms with Gasteiger partial charge in [0, 0.05) is 18.0 Å². The molecule has 0 bridgehead atoms. The fraction of sp³-hybridized carbons (Fsp3) is 0.471. The van der Waals surface area contributed by atoms with Crippen molar-refractivity contribution < 1.29 is 4.74 Å². The molecule has 0 amide bonds. The summed E-state index contributed by atoms with van der Waals surface area (Å²) < 4.78 is 7.39. The van der Waals surface area contributed by atoms with Gasteiger partial charge in [-0.1, -0.05) is 12.8 Å². The smallest absolute Gasteiger partial charge is 0.131 e. The molecule has 0 saturated heterocycles. The molecule has 0 unspecified atom stereocenters. The van der Waals surface area contributed by atoms with Gasteiger partial charge in [0.25, 0.3) is 0 Å². The molecule has 1 fully saturated rings. The first-order valence-electron chi connectivity index (χ1n) is 7.75. The summed E-state index contributed by atoms with van der Waals surface area (Å²) in [5, 5.41) is 0. The molecule has 1 aromatic heterocycles. The Morgan fingerprint density at radius 2 is 1.90 bits per heavy atom. The second-order valence-electron chi connectivity index (χ2n) is 5.66. The molecule has 112 valence electrons. The van der Waals surface area contributed by atoms with Gasteiger partial charge in [0.15, 0.2) is 0 Å². The average Bonchev–Trinajstić information content (AvgIpc) is 3.15. The van der Waals surface area contributed by atoms with E-state index in [0.717, 1.165) is 29.4 Å². The Hall–Kier alpha value is -1.97. The third-order valence-electron chi connectivity index (χ3n) is 4.44. The second kappa shape index (κ2) is 5.80. The van der Waals surface area contributed by atoms with Crippen molar-refractivity contribution in [2.75, 3.05) is 12.8 Å². The van der Waals surface area contributed by atoms with E-state index < -0.39 is 0 Å². The van der Waals surface area contributed by atoms with Crippen molar-refractivity contribution in [2.45, 2.75) is 45.1 Å². The topological polar surface area (TPSA) is 53.1 Å². The molecule has 21 heavy (non-hydrogen) atoms. The number of anilines is 1. The first-order chi connectivity index (χ1) is 10.2. The molecule has 3 rings (SSSR count). The monoisotopic (exact) mass is 285 g/mol. The van der Waals surface area contributed by atoms with Gasteiger partial charge in [0.2, 0.25) is 0 Å². The van der Waals surface area contributed by atoms with E-state index >= 15 is 0 Å². The number of nitrogens with two attached hydrogens (primary N) is 1. The third kappa shape index (κ3) is 2.50. The van der Waals surface area contributed by atoms with Crippen LogP contribution in [0.1, 0.15) is 44.3 Å². The highest BCUT2D eigenvalue weighted by Crippen LogP contribution is 2.37. The van der Waals surface area contributed by atoms with Crippen molar-refractivity contribution >= 4 is 5.82 Å². The van der Waals surface area contributed by atoms with Crippen LogP contribution in [-0.4, -0.2) is 16.7 Å². The lowest BCUT2D eigenvalue weighted by Gasteiger charge is -2.11. The van der Waals surface area contributed by atoms with Crippen LogP contribution in [0.25, 0.3) is 11.3 Å². The highest BCUT2D eigenvalue weighted by atomic mass is 16.5. The van der Waals surface area contributed by atoms with Gasteiger partial charge in [-0.3, -0.25) is 0 Å². The maximum absolute atomic E-state index is 6.35. The summed E-state index contributed by atoms with van der Waals surface area (Å²) in [5.41, 5.74) is 8.31. The molecule has 1 aliphatic carbocycles. The number of benzene rings is 1. The minimum absolute atomic E-state index is 0.569. The standard InChI is InChI=1S/C17H23N3O/c1-3-20-16(18)15(12-8-10-14(21-2)11-9-12)19-17(20)13-6-4-5-7-13/h8-11,13H,3-7,18H2,1-2H3. The van der Waals surface area contributed by atoms with Gasteiger partial charge in [-0.05, 0) is 44.0 Å². The predicted octanol–water partition coefficient (Wildman–Crippen LogP) is 3.82. The quantitative estimate of drug-likeness (QED) is 0.929. The van der Waals surface area contributed by atoms with Crippen LogP contribution < -0.4 is 10.5 Å². The van der Waals surface area contributed by atoms with Gasteiger partial charge in [-0.25, -0.2) is 4.98 Å². The van der Waals surface area contributed by atoms with Crippen molar-refractivity contribution in [3.8, 4) is 17.0 Å². The minimum atomic E-state index is 0.569. The number of methoxy groups -OCH3 is 1. The summed E-state index contributed by atoms with van der Waals surface area (Å²) >= 11 is 0. The summed E-state index contributed by atoms with van der Waals surface area (Å²) in [6, 6.07) is 7.95. The Morgan fingerprint density at radius 1 is 1.24 bits per heavy atom. The first kappa shape index (κ1) is 14.0. The van der Waals surface area contributed by atoms with Crippen molar-refractivity contribution in [3.05, 3.63) is 30.1 Å². The summed E-state index contributed by atoms with van der Waals surface area (Å²) in [4.78, 5) is 4.89. The second-order valence-corrected chi connectivity index (χ2v) is 5.66. The Morgan fingerprint density at radius 3 is 2.48 bits per heavy atom. The molecule has 0 radical (unpaired) electrons. The number of aromatic nitrogens is 2. The van der Waals surface area contributed by atoms with Crippen molar-refractivity contribution in [3.63, 3.8) is 0 Å². The van der Waals surface area contributed by atoms with Gasteiger partial charge in [0.1, 0.15) is 23.1 Å². The van der Waals surface area contributed by atoms with Crippen LogP contribution in [0.5, 0.6) is 5.75 Å². The largest absolute Gasteiger partial charge is 0.497 e. The maximum Gasteiger partial charge on any atom is 0.131 e. The van der Waals surface area contributed by atoms with E-state index in [2.05, 4.69) is 11.5 Å². The molecule has 0 spiro atoms. The number of rotatable bonds is 4. The number of nitrogen functional groups attached to an aromatic ring is 1. The van der Waals surface area contributed by atoms with Crippen molar-refractivity contribution in [1.82, 2.24) is 9.55 Å². The Balaban J connectivity index is 2.01. The predicted molar refractivity (Wildman–Crippen MR) is 85.5 cm³/mol. The molecule has 2 N–H and O–H groups in total. The van der Waals surface area contributed by atoms with E-state index in [0.29, 0.717) is 5.92 Å². The highest BCUT2D eigenvalue weighted by molar-refractivity contribution is 5.71. The molecule has 1 aliphatic rings. The van der Waals surface area contributed by atoms with Gasteiger partial charge in [-0.15, -0.1) is 0 Å². The molecule has 4 heteroatoms. The third-order valence-corrected chi connectivity index (χ3v) is 4.44. The van der Waals surface area contributed by atoms with E-state index in [1.807, 2.05) is 24.3 Å². The summed E-state index contributed by atoms with van der Waals surface area (Å²) in [5.74, 6) is 3.37. The van der Waals surface area contributed by atoms with E-state index in [1.165, 1.54) is 31.5 Å². The number of nitrogens with zero attached hydrogens (tertiary/aromatic N) is 2. The zero-order valence-corrected chi connectivity index (χ0v) is 12.8. The Bertz CT molecular complexity index is 610. The minimum Gasteiger partial charge on any atom is -0.497 e. The number of imidazole rings is 1. The molecule has 1 saturated carbocycles. The molecule has 4 nitrogen and oxygen atoms in total. The summed E-state index contributed by atoms with van der Waals surface area (Å²) in [6.07, 6.45) is 5.08. The van der Waals surface area contributed by atoms with Crippen LogP contribution >= 0.6 is 0 Å². The van der Waals surface area contributed by atoms with E-state index in [1.54, 1.807) is 7.11 Å². The zero-order chi connectivity index (χ0) is 14.8. The fourth-order valence-electron chi connectivity index (χ4n) is 3.27. The molecule has 1 aromatic carbocycles. The maximum atomic E-state index is 6.35. The van der Waals surface area contributed by atoms with Gasteiger partial charge >= 0.3 is 0 Å². The van der Waals surface area contributed by atoms with Crippen LogP contribution in [0.15, 0.2) is 24.3 Å². The summed E-state index contributed by atoms with van der Waals surface area (Å²) in [6.45, 7) is 3.01. The SMILES string of the molecule is CCn1c(C2CCCC2)nc(-c2ccc(OC)cc2)c1N. The molecular weight excluding hydrogens is 262 g/mol. The first-order valence-corrected chi connectivity index (χ1v) is 7.75. The normalized spacial score (nSPS) is 15.5. The Labute approximate surface area is 125 Å². The zero-order valence-electron chi connectivity index (χ0n) is 12.8. The molecule has 2 aromatic rings. The molecule has 1 heterocycles. The van der Waals surface area contributed by atoms with Crippen LogP contribution in [-0.2, 0) is 6.54 Å². The highest BCUT2D eigenvalue weighted by Gasteiger charge is 2.25. The van der Waals surface area contributed by atoms with Crippen LogP contribution in [0.4, 0.5) is 5.82 Å². The van der Waals surface area contributed by atoms with Crippen LogP contribution in [0.2, 0.25) is 0 Å². The number of ether oxygens (including phenoxy) is 1. The lowest BCUT2D eigenvalue weighted by atomic mass is 10.1. The van der Waals surface area contributed by atoms with Gasteiger partial charge < -0.3 is 15.0 Å². The molecular formula is C17H23N3O. The van der Waals surface area contributed by atoms with Gasteiger partial charge in [0.05, 0.1) is 7.11 Å². The van der Waals surface area contributed by atoms with Crippen LogP contribution in [0.3, 0.4) is 0 Å². The van der Waals surface area contributed by atoms with Crippen molar-refractivity contribution in [1.29, 1.82) is 0 Å². The van der Waals surface area contributed by atoms with Gasteiger partial charge in [-0.2, -0.15) is 0 Å². The van der Waals surface area contributed by atoms with Crippen molar-refractivity contribution in [2.24, 2.45) is 0 Å². The molecule has 0 aliphatic heterocycles. The van der Waals surface area contributed by atoms with E-state index in [4.69, 9.17) is 15.5 Å². The van der Waals surface area contributed by atoms with E-state index in [9.17, 15) is 0 Å². The Kier molecular flexibility index (Phi) is 3.86.